The number of aryl methyl sites for hydroxylation is 1. The van der Waals surface area contributed by atoms with Gasteiger partial charge in [0.15, 0.2) is 11.5 Å². The number of nitrogens with zero attached hydrogens (tertiary/aromatic N) is 4. The summed E-state index contributed by atoms with van der Waals surface area (Å²) in [5.41, 5.74) is 1.83. The molecule has 0 aliphatic rings. The van der Waals surface area contributed by atoms with Crippen LogP contribution in [0.4, 0.5) is 0 Å². The van der Waals surface area contributed by atoms with E-state index in [1.165, 1.54) is 0 Å². The maximum Gasteiger partial charge on any atom is 0.220 e. The number of amides is 1. The highest BCUT2D eigenvalue weighted by Crippen LogP contribution is 2.03. The number of rotatable bonds is 5. The Morgan fingerprint density at radius 3 is 3.00 bits per heavy atom. The van der Waals surface area contributed by atoms with Crippen LogP contribution in [0, 0.1) is 0 Å². The van der Waals surface area contributed by atoms with Crippen molar-refractivity contribution in [2.75, 3.05) is 0 Å². The topological polar surface area (TPSA) is 72.2 Å². The zero-order valence-electron chi connectivity index (χ0n) is 11.4. The normalized spacial score (nSPS) is 10.7. The molecule has 0 saturated carbocycles. The maximum atomic E-state index is 11.9. The van der Waals surface area contributed by atoms with Crippen LogP contribution in [0.1, 0.15) is 17.8 Å². The minimum absolute atomic E-state index is 0.00784. The standard InChI is InChI=1S/C15H15N5O/c21-15(7-6-12-4-3-8-16-10-12)17-11-14-19-18-13-5-1-2-9-20(13)14/h1-5,8-10H,6-7,11H2,(H,17,21). The maximum absolute atomic E-state index is 11.9. The van der Waals surface area contributed by atoms with Crippen LogP contribution in [0.25, 0.3) is 5.65 Å². The first-order valence-electron chi connectivity index (χ1n) is 6.77. The van der Waals surface area contributed by atoms with Gasteiger partial charge in [0.1, 0.15) is 0 Å². The van der Waals surface area contributed by atoms with Crippen molar-refractivity contribution in [1.82, 2.24) is 24.9 Å². The lowest BCUT2D eigenvalue weighted by molar-refractivity contribution is -0.121. The van der Waals surface area contributed by atoms with Gasteiger partial charge in [-0.15, -0.1) is 10.2 Å². The molecule has 0 aromatic carbocycles. The average molecular weight is 281 g/mol. The van der Waals surface area contributed by atoms with Gasteiger partial charge in [-0.1, -0.05) is 12.1 Å². The van der Waals surface area contributed by atoms with Gasteiger partial charge in [-0.3, -0.25) is 14.2 Å². The van der Waals surface area contributed by atoms with Crippen molar-refractivity contribution in [2.45, 2.75) is 19.4 Å². The Kier molecular flexibility index (Phi) is 3.86. The first kappa shape index (κ1) is 13.2. The third kappa shape index (κ3) is 3.22. The number of pyridine rings is 2. The molecule has 0 saturated heterocycles. The van der Waals surface area contributed by atoms with Gasteiger partial charge in [0.25, 0.3) is 0 Å². The number of hydrogen-bond donors (Lipinski definition) is 1. The van der Waals surface area contributed by atoms with Gasteiger partial charge in [0, 0.05) is 25.0 Å². The molecular weight excluding hydrogens is 266 g/mol. The molecule has 0 atom stereocenters. The molecular formula is C15H15N5O. The van der Waals surface area contributed by atoms with E-state index in [9.17, 15) is 4.79 Å². The second-order valence-electron chi connectivity index (χ2n) is 4.68. The molecule has 0 spiro atoms. The fraction of sp³-hybridized carbons (Fsp3) is 0.200. The molecule has 0 aliphatic carbocycles. The monoisotopic (exact) mass is 281 g/mol. The average Bonchev–Trinajstić information content (AvgIpc) is 2.95. The summed E-state index contributed by atoms with van der Waals surface area (Å²) >= 11 is 0. The van der Waals surface area contributed by atoms with E-state index >= 15 is 0 Å². The summed E-state index contributed by atoms with van der Waals surface area (Å²) in [6.45, 7) is 0.372. The molecule has 3 aromatic rings. The molecule has 3 rings (SSSR count). The highest BCUT2D eigenvalue weighted by atomic mass is 16.1. The van der Waals surface area contributed by atoms with Gasteiger partial charge in [-0.05, 0) is 30.2 Å². The third-order valence-corrected chi connectivity index (χ3v) is 3.19. The fourth-order valence-electron chi connectivity index (χ4n) is 2.08. The van der Waals surface area contributed by atoms with Gasteiger partial charge in [0.2, 0.25) is 5.91 Å². The van der Waals surface area contributed by atoms with Crippen molar-refractivity contribution in [3.63, 3.8) is 0 Å². The van der Waals surface area contributed by atoms with E-state index in [1.54, 1.807) is 12.4 Å². The summed E-state index contributed by atoms with van der Waals surface area (Å²) in [5, 5.41) is 11.0. The van der Waals surface area contributed by atoms with Crippen LogP contribution in [0.2, 0.25) is 0 Å². The summed E-state index contributed by atoms with van der Waals surface area (Å²) in [5.74, 6) is 0.715. The van der Waals surface area contributed by atoms with E-state index in [4.69, 9.17) is 0 Å². The molecule has 0 radical (unpaired) electrons. The Labute approximate surface area is 121 Å². The Bertz CT molecular complexity index is 738. The van der Waals surface area contributed by atoms with Crippen molar-refractivity contribution >= 4 is 11.6 Å². The molecule has 1 N–H and O–H groups in total. The van der Waals surface area contributed by atoms with Gasteiger partial charge >= 0.3 is 0 Å². The van der Waals surface area contributed by atoms with E-state index in [0.717, 1.165) is 17.0 Å². The number of carbonyl (C=O) groups excluding carboxylic acids is 1. The first-order chi connectivity index (χ1) is 10.3. The highest BCUT2D eigenvalue weighted by Gasteiger charge is 2.07. The van der Waals surface area contributed by atoms with Gasteiger partial charge in [0.05, 0.1) is 6.54 Å². The summed E-state index contributed by atoms with van der Waals surface area (Å²) in [7, 11) is 0. The lowest BCUT2D eigenvalue weighted by atomic mass is 10.1. The van der Waals surface area contributed by atoms with Crippen LogP contribution in [0.15, 0.2) is 48.9 Å². The molecule has 6 nitrogen and oxygen atoms in total. The lowest BCUT2D eigenvalue weighted by Crippen LogP contribution is -2.24. The molecule has 21 heavy (non-hydrogen) atoms. The molecule has 3 aromatic heterocycles. The van der Waals surface area contributed by atoms with Crippen LogP contribution < -0.4 is 5.32 Å². The summed E-state index contributed by atoms with van der Waals surface area (Å²) in [6, 6.07) is 9.52. The zero-order chi connectivity index (χ0) is 14.5. The van der Waals surface area contributed by atoms with Gasteiger partial charge in [-0.2, -0.15) is 0 Å². The number of aromatic nitrogens is 4. The molecule has 0 fully saturated rings. The predicted molar refractivity (Wildman–Crippen MR) is 77.4 cm³/mol. The van der Waals surface area contributed by atoms with Gasteiger partial charge < -0.3 is 5.32 Å². The summed E-state index contributed by atoms with van der Waals surface area (Å²) in [4.78, 5) is 15.9. The predicted octanol–water partition coefficient (Wildman–Crippen LogP) is 1.37. The van der Waals surface area contributed by atoms with Crippen LogP contribution >= 0.6 is 0 Å². The number of hydrogen-bond acceptors (Lipinski definition) is 4. The van der Waals surface area contributed by atoms with E-state index in [2.05, 4.69) is 20.5 Å². The molecule has 0 aliphatic heterocycles. The number of fused-ring (bicyclic) bond motifs is 1. The molecule has 0 bridgehead atoms. The minimum atomic E-state index is -0.00784. The third-order valence-electron chi connectivity index (χ3n) is 3.19. The Balaban J connectivity index is 1.54. The summed E-state index contributed by atoms with van der Waals surface area (Å²) < 4.78 is 1.86. The van der Waals surface area contributed by atoms with Crippen molar-refractivity contribution < 1.29 is 4.79 Å². The smallest absolute Gasteiger partial charge is 0.220 e. The SMILES string of the molecule is O=C(CCc1cccnc1)NCc1nnc2ccccn12. The van der Waals surface area contributed by atoms with Crippen LogP contribution in [-0.2, 0) is 17.8 Å². The van der Waals surface area contributed by atoms with E-state index in [1.807, 2.05) is 40.9 Å². The van der Waals surface area contributed by atoms with Crippen LogP contribution in [0.3, 0.4) is 0 Å². The highest BCUT2D eigenvalue weighted by molar-refractivity contribution is 5.76. The molecule has 3 heterocycles. The van der Waals surface area contributed by atoms with Gasteiger partial charge in [-0.25, -0.2) is 0 Å². The number of nitrogens with one attached hydrogen (secondary N) is 1. The Morgan fingerprint density at radius 1 is 1.19 bits per heavy atom. The second-order valence-corrected chi connectivity index (χ2v) is 4.68. The Hall–Kier alpha value is -2.76. The van der Waals surface area contributed by atoms with Crippen molar-refractivity contribution in [2.24, 2.45) is 0 Å². The first-order valence-corrected chi connectivity index (χ1v) is 6.77. The molecule has 1 amide bonds. The van der Waals surface area contributed by atoms with Crippen molar-refractivity contribution in [3.05, 3.63) is 60.3 Å². The largest absolute Gasteiger partial charge is 0.349 e. The molecule has 0 unspecified atom stereocenters. The van der Waals surface area contributed by atoms with E-state index < -0.39 is 0 Å². The van der Waals surface area contributed by atoms with Crippen LogP contribution in [-0.4, -0.2) is 25.5 Å². The van der Waals surface area contributed by atoms with E-state index in [-0.39, 0.29) is 5.91 Å². The molecule has 6 heteroatoms. The second kappa shape index (κ2) is 6.13. The van der Waals surface area contributed by atoms with Crippen LogP contribution in [0.5, 0.6) is 0 Å². The summed E-state index contributed by atoms with van der Waals surface area (Å²) in [6.07, 6.45) is 6.49. The zero-order valence-corrected chi connectivity index (χ0v) is 11.4. The number of carbonyl (C=O) groups is 1. The van der Waals surface area contributed by atoms with E-state index in [0.29, 0.717) is 19.4 Å². The quantitative estimate of drug-likeness (QED) is 0.766. The fourth-order valence-corrected chi connectivity index (χ4v) is 2.08. The Morgan fingerprint density at radius 2 is 2.14 bits per heavy atom. The molecule has 106 valence electrons. The minimum Gasteiger partial charge on any atom is -0.349 e. The lowest BCUT2D eigenvalue weighted by Gasteiger charge is -2.04. The van der Waals surface area contributed by atoms with Crippen molar-refractivity contribution in [1.29, 1.82) is 0 Å². The van der Waals surface area contributed by atoms with Crippen molar-refractivity contribution in [3.8, 4) is 0 Å².